The highest BCUT2D eigenvalue weighted by atomic mass is 16.4. The topological polar surface area (TPSA) is 50.4 Å². The van der Waals surface area contributed by atoms with Gasteiger partial charge in [-0.2, -0.15) is 0 Å². The first-order valence-corrected chi connectivity index (χ1v) is 8.06. The minimum Gasteiger partial charge on any atom is -0.475 e. The third-order valence-corrected chi connectivity index (χ3v) is 3.65. The van der Waals surface area contributed by atoms with Crippen molar-refractivity contribution in [3.63, 3.8) is 0 Å². The Kier molecular flexibility index (Phi) is 8.84. The maximum absolute atomic E-state index is 10.7. The largest absolute Gasteiger partial charge is 0.475 e. The second kappa shape index (κ2) is 10.5. The van der Waals surface area contributed by atoms with Crippen molar-refractivity contribution in [3.8, 4) is 0 Å². The van der Waals surface area contributed by atoms with Crippen molar-refractivity contribution < 1.29 is 14.3 Å². The molecule has 0 aliphatic rings. The molecular weight excluding hydrogens is 252 g/mol. The number of unbranched alkanes of at least 4 members (excludes halogenated alkanes) is 9. The number of aryl methyl sites for hydroxylation is 1. The average Bonchev–Trinajstić information content (AvgIpc) is 2.90. The number of rotatable bonds is 12. The van der Waals surface area contributed by atoms with Gasteiger partial charge in [0.05, 0.1) is 0 Å². The van der Waals surface area contributed by atoms with Crippen LogP contribution in [0.5, 0.6) is 0 Å². The lowest BCUT2D eigenvalue weighted by Gasteiger charge is -2.01. The zero-order valence-corrected chi connectivity index (χ0v) is 12.7. The molecule has 1 aromatic heterocycles. The smallest absolute Gasteiger partial charge is 0.371 e. The molecule has 114 valence electrons. The first-order chi connectivity index (χ1) is 9.74. The Balaban J connectivity index is 1.93. The maximum Gasteiger partial charge on any atom is 0.371 e. The van der Waals surface area contributed by atoms with Crippen molar-refractivity contribution >= 4 is 5.97 Å². The number of furan rings is 1. The van der Waals surface area contributed by atoms with Gasteiger partial charge in [0.15, 0.2) is 0 Å². The molecule has 1 heterocycles. The van der Waals surface area contributed by atoms with E-state index in [4.69, 9.17) is 9.52 Å². The van der Waals surface area contributed by atoms with Crippen LogP contribution in [0, 0.1) is 0 Å². The standard InChI is InChI=1S/C17H28O3/c1-2-3-4-5-6-7-8-9-10-11-12-15-13-14-16(20-15)17(18)19/h13-14H,2-12H2,1H3,(H,18,19). The zero-order valence-electron chi connectivity index (χ0n) is 12.7. The van der Waals surface area contributed by atoms with Crippen LogP contribution in [0.3, 0.4) is 0 Å². The van der Waals surface area contributed by atoms with E-state index < -0.39 is 5.97 Å². The fourth-order valence-corrected chi connectivity index (χ4v) is 2.41. The van der Waals surface area contributed by atoms with E-state index in [9.17, 15) is 4.79 Å². The van der Waals surface area contributed by atoms with Crippen molar-refractivity contribution in [1.82, 2.24) is 0 Å². The fourth-order valence-electron chi connectivity index (χ4n) is 2.41. The van der Waals surface area contributed by atoms with E-state index >= 15 is 0 Å². The van der Waals surface area contributed by atoms with Crippen LogP contribution in [-0.2, 0) is 6.42 Å². The van der Waals surface area contributed by atoms with Crippen molar-refractivity contribution in [2.24, 2.45) is 0 Å². The molecule has 0 saturated heterocycles. The Hall–Kier alpha value is -1.25. The number of carboxylic acid groups (broad SMARTS) is 1. The number of hydrogen-bond donors (Lipinski definition) is 1. The summed E-state index contributed by atoms with van der Waals surface area (Å²) >= 11 is 0. The van der Waals surface area contributed by atoms with Gasteiger partial charge in [-0.25, -0.2) is 4.79 Å². The molecule has 0 spiro atoms. The molecule has 0 aromatic carbocycles. The SMILES string of the molecule is CCCCCCCCCCCCc1ccc(C(=O)O)o1. The highest BCUT2D eigenvalue weighted by Gasteiger charge is 2.08. The lowest BCUT2D eigenvalue weighted by Crippen LogP contribution is -1.92. The molecule has 0 atom stereocenters. The summed E-state index contributed by atoms with van der Waals surface area (Å²) in [5.74, 6) is -0.145. The van der Waals surface area contributed by atoms with E-state index in [0.717, 1.165) is 18.6 Å². The van der Waals surface area contributed by atoms with Crippen LogP contribution in [0.1, 0.15) is 87.4 Å². The predicted molar refractivity (Wildman–Crippen MR) is 81.2 cm³/mol. The molecule has 0 saturated carbocycles. The van der Waals surface area contributed by atoms with Crippen LogP contribution < -0.4 is 0 Å². The molecule has 1 aromatic rings. The molecule has 1 N–H and O–H groups in total. The number of carbonyl (C=O) groups is 1. The lowest BCUT2D eigenvalue weighted by atomic mass is 10.1. The van der Waals surface area contributed by atoms with Gasteiger partial charge in [-0.15, -0.1) is 0 Å². The van der Waals surface area contributed by atoms with E-state index in [2.05, 4.69) is 6.92 Å². The molecule has 0 bridgehead atoms. The van der Waals surface area contributed by atoms with Crippen LogP contribution >= 0.6 is 0 Å². The summed E-state index contributed by atoms with van der Waals surface area (Å²) in [5.41, 5.74) is 0. The van der Waals surface area contributed by atoms with E-state index in [-0.39, 0.29) is 5.76 Å². The van der Waals surface area contributed by atoms with Crippen LogP contribution in [-0.4, -0.2) is 11.1 Å². The Morgan fingerprint density at radius 2 is 1.50 bits per heavy atom. The quantitative estimate of drug-likeness (QED) is 0.518. The second-order valence-corrected chi connectivity index (χ2v) is 5.50. The predicted octanol–water partition coefficient (Wildman–Crippen LogP) is 5.44. The van der Waals surface area contributed by atoms with Crippen molar-refractivity contribution in [1.29, 1.82) is 0 Å². The van der Waals surface area contributed by atoms with Gasteiger partial charge < -0.3 is 9.52 Å². The van der Waals surface area contributed by atoms with Gasteiger partial charge >= 0.3 is 5.97 Å². The summed E-state index contributed by atoms with van der Waals surface area (Å²) in [4.78, 5) is 10.7. The van der Waals surface area contributed by atoms with Crippen molar-refractivity contribution in [3.05, 3.63) is 23.7 Å². The molecule has 0 aliphatic carbocycles. The maximum atomic E-state index is 10.7. The first-order valence-electron chi connectivity index (χ1n) is 8.06. The average molecular weight is 280 g/mol. The third kappa shape index (κ3) is 7.37. The van der Waals surface area contributed by atoms with E-state index in [1.165, 1.54) is 63.9 Å². The Morgan fingerprint density at radius 1 is 0.950 bits per heavy atom. The lowest BCUT2D eigenvalue weighted by molar-refractivity contribution is 0.0660. The summed E-state index contributed by atoms with van der Waals surface area (Å²) in [6.07, 6.45) is 13.9. The molecule has 20 heavy (non-hydrogen) atoms. The van der Waals surface area contributed by atoms with E-state index in [1.54, 1.807) is 6.07 Å². The summed E-state index contributed by atoms with van der Waals surface area (Å²) in [6, 6.07) is 3.31. The van der Waals surface area contributed by atoms with Gasteiger partial charge in [0, 0.05) is 6.42 Å². The highest BCUT2D eigenvalue weighted by Crippen LogP contribution is 2.14. The summed E-state index contributed by atoms with van der Waals surface area (Å²) < 4.78 is 5.23. The first kappa shape index (κ1) is 16.8. The molecule has 3 nitrogen and oxygen atoms in total. The van der Waals surface area contributed by atoms with Gasteiger partial charge in [0.2, 0.25) is 5.76 Å². The second-order valence-electron chi connectivity index (χ2n) is 5.50. The molecule has 0 unspecified atom stereocenters. The Labute approximate surface area is 122 Å². The molecule has 0 radical (unpaired) electrons. The third-order valence-electron chi connectivity index (χ3n) is 3.65. The van der Waals surface area contributed by atoms with Crippen LogP contribution in [0.15, 0.2) is 16.5 Å². The molecular formula is C17H28O3. The Bertz CT molecular complexity index is 368. The van der Waals surface area contributed by atoms with E-state index in [0.29, 0.717) is 0 Å². The number of hydrogen-bond acceptors (Lipinski definition) is 2. The minimum atomic E-state index is -0.987. The molecule has 0 fully saturated rings. The van der Waals surface area contributed by atoms with E-state index in [1.807, 2.05) is 0 Å². The normalized spacial score (nSPS) is 10.8. The van der Waals surface area contributed by atoms with Gasteiger partial charge in [-0.3, -0.25) is 0 Å². The van der Waals surface area contributed by atoms with Gasteiger partial charge in [-0.05, 0) is 18.6 Å². The summed E-state index contributed by atoms with van der Waals surface area (Å²) in [5, 5.41) is 8.75. The number of carboxylic acids is 1. The molecule has 0 amide bonds. The fraction of sp³-hybridized carbons (Fsp3) is 0.706. The van der Waals surface area contributed by atoms with Gasteiger partial charge in [-0.1, -0.05) is 64.7 Å². The molecule has 3 heteroatoms. The van der Waals surface area contributed by atoms with Gasteiger partial charge in [0.1, 0.15) is 5.76 Å². The van der Waals surface area contributed by atoms with Gasteiger partial charge in [0.25, 0.3) is 0 Å². The number of aromatic carboxylic acids is 1. The minimum absolute atomic E-state index is 0.0482. The molecule has 1 rings (SSSR count). The molecule has 0 aliphatic heterocycles. The zero-order chi connectivity index (χ0) is 14.6. The van der Waals surface area contributed by atoms with Crippen LogP contribution in [0.2, 0.25) is 0 Å². The Morgan fingerprint density at radius 3 is 2.00 bits per heavy atom. The highest BCUT2D eigenvalue weighted by molar-refractivity contribution is 5.84. The van der Waals surface area contributed by atoms with Crippen LogP contribution in [0.4, 0.5) is 0 Å². The van der Waals surface area contributed by atoms with Crippen molar-refractivity contribution in [2.75, 3.05) is 0 Å². The summed E-state index contributed by atoms with van der Waals surface area (Å²) in [6.45, 7) is 2.25. The summed E-state index contributed by atoms with van der Waals surface area (Å²) in [7, 11) is 0. The monoisotopic (exact) mass is 280 g/mol. The van der Waals surface area contributed by atoms with Crippen LogP contribution in [0.25, 0.3) is 0 Å². The van der Waals surface area contributed by atoms with Crippen molar-refractivity contribution in [2.45, 2.75) is 77.6 Å².